The number of halogens is 1. The van der Waals surface area contributed by atoms with Crippen LogP contribution in [0.2, 0.25) is 0 Å². The minimum absolute atomic E-state index is 0.0185. The van der Waals surface area contributed by atoms with Gasteiger partial charge in [0.25, 0.3) is 0 Å². The summed E-state index contributed by atoms with van der Waals surface area (Å²) in [5, 5.41) is 0.898. The molecule has 5 nitrogen and oxygen atoms in total. The van der Waals surface area contributed by atoms with Crippen molar-refractivity contribution in [1.29, 1.82) is 0 Å². The van der Waals surface area contributed by atoms with Crippen LogP contribution < -0.4 is 9.62 Å². The topological polar surface area (TPSA) is 66.5 Å². The van der Waals surface area contributed by atoms with Crippen LogP contribution in [-0.4, -0.2) is 35.3 Å². The molecule has 0 saturated heterocycles. The number of hydrogen-bond donors (Lipinski definition) is 1. The van der Waals surface area contributed by atoms with E-state index in [1.807, 2.05) is 0 Å². The van der Waals surface area contributed by atoms with Crippen molar-refractivity contribution >= 4 is 32.8 Å². The van der Waals surface area contributed by atoms with Gasteiger partial charge < -0.3 is 9.69 Å². The van der Waals surface area contributed by atoms with E-state index in [4.69, 9.17) is 0 Å². The van der Waals surface area contributed by atoms with Crippen molar-refractivity contribution in [1.82, 2.24) is 4.72 Å². The number of carbonyl (C=O) groups excluding carboxylic acids is 1. The van der Waals surface area contributed by atoms with Crippen LogP contribution in [0.25, 0.3) is 10.8 Å². The Hall–Kier alpha value is -1.99. The summed E-state index contributed by atoms with van der Waals surface area (Å²) < 4.78 is 40.5. The van der Waals surface area contributed by atoms with Crippen molar-refractivity contribution in [2.75, 3.05) is 25.5 Å². The SMILES string of the molecule is CN(C)c1c(F)ccc2c(S(=O)(=O)NCC=O)cccc12. The molecule has 0 atom stereocenters. The number of benzene rings is 2. The zero-order chi connectivity index (χ0) is 15.6. The van der Waals surface area contributed by atoms with E-state index in [2.05, 4.69) is 4.72 Å². The lowest BCUT2D eigenvalue weighted by Gasteiger charge is -2.17. The molecule has 0 amide bonds. The van der Waals surface area contributed by atoms with E-state index in [1.165, 1.54) is 18.2 Å². The summed E-state index contributed by atoms with van der Waals surface area (Å²) in [6.07, 6.45) is 0.466. The Labute approximate surface area is 122 Å². The number of carbonyl (C=O) groups is 1. The molecule has 0 aliphatic heterocycles. The predicted octanol–water partition coefficient (Wildman–Crippen LogP) is 1.52. The molecule has 0 heterocycles. The number of fused-ring (bicyclic) bond motifs is 1. The third-order valence-corrected chi connectivity index (χ3v) is 4.52. The number of sulfonamides is 1. The van der Waals surface area contributed by atoms with Crippen molar-refractivity contribution in [3.05, 3.63) is 36.1 Å². The van der Waals surface area contributed by atoms with Crippen molar-refractivity contribution in [2.24, 2.45) is 0 Å². The molecule has 2 rings (SSSR count). The van der Waals surface area contributed by atoms with Crippen LogP contribution in [0.3, 0.4) is 0 Å². The summed E-state index contributed by atoms with van der Waals surface area (Å²) in [5.41, 5.74) is 0.319. The third-order valence-electron chi connectivity index (χ3n) is 3.04. The lowest BCUT2D eigenvalue weighted by atomic mass is 10.1. The van der Waals surface area contributed by atoms with E-state index in [0.717, 1.165) is 0 Å². The quantitative estimate of drug-likeness (QED) is 0.850. The predicted molar refractivity (Wildman–Crippen MR) is 79.5 cm³/mol. The molecule has 112 valence electrons. The molecule has 0 aromatic heterocycles. The number of nitrogens with one attached hydrogen (secondary N) is 1. The van der Waals surface area contributed by atoms with Crippen LogP contribution in [-0.2, 0) is 14.8 Å². The van der Waals surface area contributed by atoms with Crippen molar-refractivity contribution in [2.45, 2.75) is 4.90 Å². The Morgan fingerprint density at radius 1 is 1.19 bits per heavy atom. The maximum atomic E-state index is 13.9. The van der Waals surface area contributed by atoms with Crippen LogP contribution in [0.4, 0.5) is 10.1 Å². The maximum Gasteiger partial charge on any atom is 0.241 e. The van der Waals surface area contributed by atoms with E-state index < -0.39 is 15.8 Å². The highest BCUT2D eigenvalue weighted by Crippen LogP contribution is 2.32. The van der Waals surface area contributed by atoms with Gasteiger partial charge in [0.05, 0.1) is 17.1 Å². The molecule has 0 fully saturated rings. The highest BCUT2D eigenvalue weighted by Gasteiger charge is 2.19. The molecule has 2 aromatic rings. The van der Waals surface area contributed by atoms with Gasteiger partial charge in [-0.15, -0.1) is 0 Å². The highest BCUT2D eigenvalue weighted by molar-refractivity contribution is 7.89. The van der Waals surface area contributed by atoms with E-state index in [1.54, 1.807) is 31.1 Å². The fourth-order valence-electron chi connectivity index (χ4n) is 2.20. The summed E-state index contributed by atoms with van der Waals surface area (Å²) in [6.45, 7) is -0.305. The Bertz CT molecular complexity index is 788. The van der Waals surface area contributed by atoms with Gasteiger partial charge in [0, 0.05) is 24.9 Å². The summed E-state index contributed by atoms with van der Waals surface area (Å²) in [5.74, 6) is -0.428. The molecule has 21 heavy (non-hydrogen) atoms. The van der Waals surface area contributed by atoms with Gasteiger partial charge in [0.15, 0.2) is 0 Å². The fraction of sp³-hybridized carbons (Fsp3) is 0.214. The molecule has 0 saturated carbocycles. The lowest BCUT2D eigenvalue weighted by Crippen LogP contribution is -2.25. The minimum atomic E-state index is -3.83. The van der Waals surface area contributed by atoms with Crippen LogP contribution in [0.15, 0.2) is 35.2 Å². The van der Waals surface area contributed by atoms with E-state index in [9.17, 15) is 17.6 Å². The van der Waals surface area contributed by atoms with Gasteiger partial charge >= 0.3 is 0 Å². The molecule has 0 aliphatic carbocycles. The van der Waals surface area contributed by atoms with Crippen LogP contribution in [0.1, 0.15) is 0 Å². The molecule has 0 spiro atoms. The molecule has 0 aliphatic rings. The molecule has 0 bridgehead atoms. The Morgan fingerprint density at radius 3 is 2.52 bits per heavy atom. The van der Waals surface area contributed by atoms with E-state index in [0.29, 0.717) is 22.7 Å². The number of rotatable bonds is 5. The van der Waals surface area contributed by atoms with Gasteiger partial charge in [-0.25, -0.2) is 17.5 Å². The molecule has 0 unspecified atom stereocenters. The molecule has 1 N–H and O–H groups in total. The Kier molecular flexibility index (Phi) is 4.24. The number of aldehydes is 1. The minimum Gasteiger partial charge on any atom is -0.375 e. The first kappa shape index (κ1) is 15.4. The maximum absolute atomic E-state index is 13.9. The Balaban J connectivity index is 2.74. The standard InChI is InChI=1S/C14H15FN2O3S/c1-17(2)14-11-4-3-5-13(10(11)6-7-12(14)15)21(19,20)16-8-9-18/h3-7,9,16H,8H2,1-2H3. The molecular formula is C14H15FN2O3S. The first-order chi connectivity index (χ1) is 9.88. The van der Waals surface area contributed by atoms with Crippen LogP contribution in [0, 0.1) is 5.82 Å². The van der Waals surface area contributed by atoms with Gasteiger partial charge in [-0.1, -0.05) is 12.1 Å². The average molecular weight is 310 g/mol. The van der Waals surface area contributed by atoms with Crippen LogP contribution in [0.5, 0.6) is 0 Å². The summed E-state index contributed by atoms with van der Waals surface area (Å²) in [6, 6.07) is 7.28. The van der Waals surface area contributed by atoms with Gasteiger partial charge in [0.2, 0.25) is 10.0 Å². The number of anilines is 1. The molecule has 0 radical (unpaired) electrons. The lowest BCUT2D eigenvalue weighted by molar-refractivity contribution is -0.106. The largest absolute Gasteiger partial charge is 0.375 e. The second-order valence-corrected chi connectivity index (χ2v) is 6.40. The van der Waals surface area contributed by atoms with Gasteiger partial charge in [-0.3, -0.25) is 0 Å². The van der Waals surface area contributed by atoms with E-state index in [-0.39, 0.29) is 11.4 Å². The summed E-state index contributed by atoms with van der Waals surface area (Å²) in [7, 11) is -0.458. The van der Waals surface area contributed by atoms with Gasteiger partial charge in [-0.2, -0.15) is 0 Å². The third kappa shape index (κ3) is 2.88. The first-order valence-corrected chi connectivity index (χ1v) is 7.68. The fourth-order valence-corrected chi connectivity index (χ4v) is 3.37. The number of nitrogens with zero attached hydrogens (tertiary/aromatic N) is 1. The van der Waals surface area contributed by atoms with Crippen molar-refractivity contribution < 1.29 is 17.6 Å². The van der Waals surface area contributed by atoms with Gasteiger partial charge in [-0.05, 0) is 18.2 Å². The molecular weight excluding hydrogens is 295 g/mol. The van der Waals surface area contributed by atoms with Crippen molar-refractivity contribution in [3.63, 3.8) is 0 Å². The Morgan fingerprint density at radius 2 is 1.90 bits per heavy atom. The van der Waals surface area contributed by atoms with Crippen molar-refractivity contribution in [3.8, 4) is 0 Å². The van der Waals surface area contributed by atoms with Crippen LogP contribution >= 0.6 is 0 Å². The normalized spacial score (nSPS) is 11.6. The number of hydrogen-bond acceptors (Lipinski definition) is 4. The highest BCUT2D eigenvalue weighted by atomic mass is 32.2. The van der Waals surface area contributed by atoms with Gasteiger partial charge in [0.1, 0.15) is 12.1 Å². The second-order valence-electron chi connectivity index (χ2n) is 4.66. The first-order valence-electron chi connectivity index (χ1n) is 6.20. The van der Waals surface area contributed by atoms with E-state index >= 15 is 0 Å². The smallest absolute Gasteiger partial charge is 0.241 e. The summed E-state index contributed by atoms with van der Waals surface area (Å²) >= 11 is 0. The summed E-state index contributed by atoms with van der Waals surface area (Å²) in [4.78, 5) is 12.0. The molecule has 2 aromatic carbocycles. The average Bonchev–Trinajstić information content (AvgIpc) is 2.43. The monoisotopic (exact) mass is 310 g/mol. The zero-order valence-electron chi connectivity index (χ0n) is 11.6. The second kappa shape index (κ2) is 5.79. The zero-order valence-corrected chi connectivity index (χ0v) is 12.4. The molecule has 7 heteroatoms.